The van der Waals surface area contributed by atoms with Gasteiger partial charge in [-0.25, -0.2) is 0 Å². The fourth-order valence-electron chi connectivity index (χ4n) is 2.10. The van der Waals surface area contributed by atoms with Crippen LogP contribution in [0.1, 0.15) is 12.8 Å². The first-order chi connectivity index (χ1) is 8.22. The SMILES string of the molecule is Nc1nc(NCC2CC(O)C2)c2cn[nH]c2n1. The summed E-state index contributed by atoms with van der Waals surface area (Å²) in [5.41, 5.74) is 6.24. The van der Waals surface area contributed by atoms with E-state index in [0.717, 1.165) is 24.8 Å². The predicted molar refractivity (Wildman–Crippen MR) is 63.3 cm³/mol. The second-order valence-electron chi connectivity index (χ2n) is 4.43. The van der Waals surface area contributed by atoms with Crippen molar-refractivity contribution in [3.05, 3.63) is 6.20 Å². The lowest BCUT2D eigenvalue weighted by Gasteiger charge is -2.31. The molecule has 0 spiro atoms. The summed E-state index contributed by atoms with van der Waals surface area (Å²) in [6.45, 7) is 0.786. The van der Waals surface area contributed by atoms with Gasteiger partial charge in [0.2, 0.25) is 5.95 Å². The zero-order valence-corrected chi connectivity index (χ0v) is 9.22. The van der Waals surface area contributed by atoms with Gasteiger partial charge in [0.25, 0.3) is 0 Å². The topological polar surface area (TPSA) is 113 Å². The lowest BCUT2D eigenvalue weighted by atomic mass is 9.82. The van der Waals surface area contributed by atoms with Crippen LogP contribution in [0.15, 0.2) is 6.20 Å². The number of anilines is 2. The van der Waals surface area contributed by atoms with Gasteiger partial charge in [0.15, 0.2) is 5.65 Å². The van der Waals surface area contributed by atoms with Crippen LogP contribution in [0.5, 0.6) is 0 Å². The second-order valence-corrected chi connectivity index (χ2v) is 4.43. The fraction of sp³-hybridized carbons (Fsp3) is 0.500. The largest absolute Gasteiger partial charge is 0.393 e. The van der Waals surface area contributed by atoms with Crippen molar-refractivity contribution >= 4 is 22.8 Å². The van der Waals surface area contributed by atoms with Gasteiger partial charge in [-0.2, -0.15) is 15.1 Å². The third kappa shape index (κ3) is 1.89. The number of aromatic nitrogens is 4. The van der Waals surface area contributed by atoms with E-state index in [1.165, 1.54) is 0 Å². The predicted octanol–water partition coefficient (Wildman–Crippen LogP) is 0.118. The maximum Gasteiger partial charge on any atom is 0.224 e. The molecule has 0 aromatic carbocycles. The van der Waals surface area contributed by atoms with Crippen molar-refractivity contribution in [3.63, 3.8) is 0 Å². The van der Waals surface area contributed by atoms with Gasteiger partial charge in [0, 0.05) is 6.54 Å². The molecule has 3 rings (SSSR count). The van der Waals surface area contributed by atoms with Crippen LogP contribution < -0.4 is 11.1 Å². The van der Waals surface area contributed by atoms with E-state index in [1.54, 1.807) is 6.20 Å². The van der Waals surface area contributed by atoms with E-state index in [4.69, 9.17) is 5.73 Å². The molecule has 7 heteroatoms. The number of H-pyrrole nitrogens is 1. The standard InChI is InChI=1S/C10H14N6O/c11-10-14-8(7-4-13-16-9(7)15-10)12-3-5-1-6(17)2-5/h4-6,17H,1-3H2,(H4,11,12,13,14,15,16). The zero-order valence-electron chi connectivity index (χ0n) is 9.22. The molecule has 0 amide bonds. The van der Waals surface area contributed by atoms with Crippen molar-refractivity contribution in [1.82, 2.24) is 20.2 Å². The minimum atomic E-state index is -0.133. The van der Waals surface area contributed by atoms with Gasteiger partial charge in [-0.1, -0.05) is 0 Å². The minimum absolute atomic E-state index is 0.133. The average Bonchev–Trinajstić information content (AvgIpc) is 2.70. The Hall–Kier alpha value is -1.89. The first kappa shape index (κ1) is 10.3. The fourth-order valence-corrected chi connectivity index (χ4v) is 2.10. The molecule has 1 fully saturated rings. The second kappa shape index (κ2) is 3.85. The highest BCUT2D eigenvalue weighted by Gasteiger charge is 2.26. The molecule has 17 heavy (non-hydrogen) atoms. The van der Waals surface area contributed by atoms with Crippen LogP contribution in [-0.4, -0.2) is 37.9 Å². The summed E-state index contributed by atoms with van der Waals surface area (Å²) in [5.74, 6) is 1.42. The highest BCUT2D eigenvalue weighted by Crippen LogP contribution is 2.28. The van der Waals surface area contributed by atoms with Crippen LogP contribution in [-0.2, 0) is 0 Å². The molecule has 0 aliphatic heterocycles. The number of aromatic amines is 1. The summed E-state index contributed by atoms with van der Waals surface area (Å²) in [5, 5.41) is 20.0. The molecule has 0 bridgehead atoms. The molecule has 1 aliphatic carbocycles. The maximum absolute atomic E-state index is 9.21. The number of nitrogens with one attached hydrogen (secondary N) is 2. The van der Waals surface area contributed by atoms with Crippen molar-refractivity contribution in [1.29, 1.82) is 0 Å². The van der Waals surface area contributed by atoms with E-state index in [2.05, 4.69) is 25.5 Å². The highest BCUT2D eigenvalue weighted by atomic mass is 16.3. The van der Waals surface area contributed by atoms with Gasteiger partial charge < -0.3 is 16.2 Å². The molecule has 0 atom stereocenters. The molecule has 90 valence electrons. The van der Waals surface area contributed by atoms with Gasteiger partial charge in [-0.05, 0) is 18.8 Å². The Bertz CT molecular complexity index is 533. The molecule has 1 aliphatic rings. The quantitative estimate of drug-likeness (QED) is 0.600. The Balaban J connectivity index is 1.77. The van der Waals surface area contributed by atoms with Gasteiger partial charge in [0.1, 0.15) is 5.82 Å². The van der Waals surface area contributed by atoms with Gasteiger partial charge >= 0.3 is 0 Å². The lowest BCUT2D eigenvalue weighted by Crippen LogP contribution is -2.33. The third-order valence-corrected chi connectivity index (χ3v) is 3.10. The number of fused-ring (bicyclic) bond motifs is 1. The van der Waals surface area contributed by atoms with E-state index < -0.39 is 0 Å². The number of nitrogen functional groups attached to an aromatic ring is 1. The van der Waals surface area contributed by atoms with Crippen LogP contribution in [0.3, 0.4) is 0 Å². The Labute approximate surface area is 97.5 Å². The van der Waals surface area contributed by atoms with Crippen LogP contribution in [0.25, 0.3) is 11.0 Å². The van der Waals surface area contributed by atoms with Crippen molar-refractivity contribution in [2.75, 3.05) is 17.6 Å². The molecule has 2 heterocycles. The van der Waals surface area contributed by atoms with E-state index >= 15 is 0 Å². The highest BCUT2D eigenvalue weighted by molar-refractivity contribution is 5.86. The molecule has 2 aromatic heterocycles. The maximum atomic E-state index is 9.21. The third-order valence-electron chi connectivity index (χ3n) is 3.10. The number of hydrogen-bond acceptors (Lipinski definition) is 6. The Morgan fingerprint density at radius 2 is 2.29 bits per heavy atom. The molecule has 0 unspecified atom stereocenters. The van der Waals surface area contributed by atoms with Crippen molar-refractivity contribution in [2.24, 2.45) is 5.92 Å². The Kier molecular flexibility index (Phi) is 2.32. The van der Waals surface area contributed by atoms with E-state index in [9.17, 15) is 5.11 Å². The molecule has 5 N–H and O–H groups in total. The van der Waals surface area contributed by atoms with Crippen molar-refractivity contribution in [2.45, 2.75) is 18.9 Å². The van der Waals surface area contributed by atoms with Gasteiger partial charge in [0.05, 0.1) is 17.7 Å². The normalized spacial score (nSPS) is 23.6. The van der Waals surface area contributed by atoms with Crippen LogP contribution in [0, 0.1) is 5.92 Å². The van der Waals surface area contributed by atoms with Crippen LogP contribution in [0.4, 0.5) is 11.8 Å². The van der Waals surface area contributed by atoms with E-state index in [0.29, 0.717) is 17.4 Å². The molecular weight excluding hydrogens is 220 g/mol. The number of aliphatic hydroxyl groups is 1. The summed E-state index contributed by atoms with van der Waals surface area (Å²) in [6, 6.07) is 0. The molecule has 2 aromatic rings. The number of nitrogens with two attached hydrogens (primary N) is 1. The molecule has 7 nitrogen and oxygen atoms in total. The summed E-state index contributed by atoms with van der Waals surface area (Å²) in [4.78, 5) is 8.19. The zero-order chi connectivity index (χ0) is 11.8. The average molecular weight is 234 g/mol. The Morgan fingerprint density at radius 1 is 1.47 bits per heavy atom. The first-order valence-corrected chi connectivity index (χ1v) is 5.61. The smallest absolute Gasteiger partial charge is 0.224 e. The minimum Gasteiger partial charge on any atom is -0.393 e. The van der Waals surface area contributed by atoms with E-state index in [-0.39, 0.29) is 12.1 Å². The lowest BCUT2D eigenvalue weighted by molar-refractivity contribution is 0.0486. The van der Waals surface area contributed by atoms with Gasteiger partial charge in [-0.15, -0.1) is 0 Å². The monoisotopic (exact) mass is 234 g/mol. The number of nitrogens with zero attached hydrogens (tertiary/aromatic N) is 3. The van der Waals surface area contributed by atoms with Crippen LogP contribution >= 0.6 is 0 Å². The molecule has 0 radical (unpaired) electrons. The molecule has 0 saturated heterocycles. The van der Waals surface area contributed by atoms with Crippen molar-refractivity contribution in [3.8, 4) is 0 Å². The number of rotatable bonds is 3. The summed E-state index contributed by atoms with van der Waals surface area (Å²) >= 11 is 0. The summed E-state index contributed by atoms with van der Waals surface area (Å²) < 4.78 is 0. The van der Waals surface area contributed by atoms with E-state index in [1.807, 2.05) is 0 Å². The summed E-state index contributed by atoms with van der Waals surface area (Å²) in [7, 11) is 0. The number of hydrogen-bond donors (Lipinski definition) is 4. The molecular formula is C10H14N6O. The van der Waals surface area contributed by atoms with Crippen LogP contribution in [0.2, 0.25) is 0 Å². The van der Waals surface area contributed by atoms with Crippen molar-refractivity contribution < 1.29 is 5.11 Å². The summed E-state index contributed by atoms with van der Waals surface area (Å²) in [6.07, 6.45) is 3.24. The first-order valence-electron chi connectivity index (χ1n) is 5.61. The van der Waals surface area contributed by atoms with Gasteiger partial charge in [-0.3, -0.25) is 5.10 Å². The molecule has 1 saturated carbocycles. The Morgan fingerprint density at radius 3 is 3.06 bits per heavy atom. The number of aliphatic hydroxyl groups excluding tert-OH is 1.